The number of aromatic nitrogens is 5. The van der Waals surface area contributed by atoms with Gasteiger partial charge in [-0.05, 0) is 69.7 Å². The largest absolute Gasteiger partial charge is 0.278 e. The highest BCUT2D eigenvalue weighted by atomic mass is 15.3. The van der Waals surface area contributed by atoms with E-state index in [9.17, 15) is 5.48 Å². The number of hydrogen-bond donors (Lipinski definition) is 0. The average Bonchev–Trinajstić information content (AvgIpc) is 3.97. The highest BCUT2D eigenvalue weighted by molar-refractivity contribution is 6.10. The van der Waals surface area contributed by atoms with Crippen LogP contribution in [0.5, 0.6) is 0 Å². The van der Waals surface area contributed by atoms with Gasteiger partial charge in [0.1, 0.15) is 0 Å². The Morgan fingerprint density at radius 3 is 1.09 bits per heavy atom. The zero-order chi connectivity index (χ0) is 50.9. The molecule has 56 heavy (non-hydrogen) atoms. The van der Waals surface area contributed by atoms with Crippen LogP contribution in [0.1, 0.15) is 21.9 Å². The van der Waals surface area contributed by atoms with E-state index in [-0.39, 0.29) is 49.4 Å². The van der Waals surface area contributed by atoms with Crippen LogP contribution in [-0.2, 0) is 0 Å². The number of para-hydroxylation sites is 4. The zero-order valence-electron chi connectivity index (χ0n) is 45.1. The van der Waals surface area contributed by atoms with E-state index in [1.807, 2.05) is 78.9 Å². The standard InChI is InChI=1S/C51H33N5/c1-2-14-34(15-3-1)37-16-12-17-38(32-37)35-28-30-36(31-29-35)39-18-13-19-40(33-39)49-52-50(55-45-24-8-4-20-41(45)42-21-5-9-25-46(42)55)54-51(53-49)56-47-26-10-6-22-43(47)44-23-7-11-27-48(44)56/h1-33H/i4D,5D,6D,7D,8D,9D,10D,11D,20D,21D,22D,23D,24D,25D,26D,27D. The van der Waals surface area contributed by atoms with Gasteiger partial charge in [-0.1, -0.05) is 164 Å². The lowest BCUT2D eigenvalue weighted by atomic mass is 9.96. The summed E-state index contributed by atoms with van der Waals surface area (Å²) in [7, 11) is 0. The molecule has 262 valence electrons. The molecule has 8 aromatic carbocycles. The normalized spacial score (nSPS) is 15.6. The maximum absolute atomic E-state index is 9.18. The maximum atomic E-state index is 9.18. The van der Waals surface area contributed by atoms with E-state index in [1.165, 1.54) is 0 Å². The first-order chi connectivity index (χ1) is 34.4. The molecule has 0 aliphatic heterocycles. The van der Waals surface area contributed by atoms with Crippen LogP contribution in [-0.4, -0.2) is 24.1 Å². The number of nitrogens with zero attached hydrogens (tertiary/aromatic N) is 5. The first-order valence-electron chi connectivity index (χ1n) is 25.6. The van der Waals surface area contributed by atoms with Gasteiger partial charge in [0.05, 0.1) is 44.0 Å². The lowest BCUT2D eigenvalue weighted by molar-refractivity contribution is 0.893. The van der Waals surface area contributed by atoms with E-state index in [2.05, 4.69) is 6.07 Å². The van der Waals surface area contributed by atoms with Gasteiger partial charge in [0.2, 0.25) is 11.9 Å². The molecule has 0 amide bonds. The molecule has 11 rings (SSSR count). The number of rotatable bonds is 6. The van der Waals surface area contributed by atoms with Crippen molar-refractivity contribution in [2.45, 2.75) is 0 Å². The Hall–Kier alpha value is -7.63. The van der Waals surface area contributed by atoms with Crippen LogP contribution >= 0.6 is 0 Å². The first kappa shape index (κ1) is 19.6. The van der Waals surface area contributed by atoms with Gasteiger partial charge in [-0.25, -0.2) is 0 Å². The fourth-order valence-electron chi connectivity index (χ4n) is 7.13. The predicted octanol–water partition coefficient (Wildman–Crippen LogP) is 12.7. The fraction of sp³-hybridized carbons (Fsp3) is 0. The molecular formula is C51H33N5. The molecule has 11 aromatic rings. The molecule has 0 spiro atoms. The zero-order valence-corrected chi connectivity index (χ0v) is 29.1. The quantitative estimate of drug-likeness (QED) is 0.171. The third-order valence-electron chi connectivity index (χ3n) is 9.72. The predicted molar refractivity (Wildman–Crippen MR) is 230 cm³/mol. The van der Waals surface area contributed by atoms with Crippen LogP contribution in [0, 0.1) is 0 Å². The van der Waals surface area contributed by atoms with E-state index in [4.69, 9.17) is 31.4 Å². The maximum Gasteiger partial charge on any atom is 0.240 e. The smallest absolute Gasteiger partial charge is 0.240 e. The lowest BCUT2D eigenvalue weighted by Gasteiger charge is -2.13. The van der Waals surface area contributed by atoms with Crippen LogP contribution in [0.4, 0.5) is 0 Å². The van der Waals surface area contributed by atoms with Crippen molar-refractivity contribution in [2.75, 3.05) is 0 Å². The fourth-order valence-corrected chi connectivity index (χ4v) is 7.13. The monoisotopic (exact) mass is 731 g/mol. The van der Waals surface area contributed by atoms with Gasteiger partial charge in [-0.15, -0.1) is 0 Å². The summed E-state index contributed by atoms with van der Waals surface area (Å²) >= 11 is 0. The minimum Gasteiger partial charge on any atom is -0.278 e. The van der Waals surface area contributed by atoms with Crippen LogP contribution < -0.4 is 0 Å². The average molecular weight is 732 g/mol. The summed E-state index contributed by atoms with van der Waals surface area (Å²) in [6.45, 7) is 0. The molecular weight excluding hydrogens is 683 g/mol. The third kappa shape index (κ3) is 5.29. The molecule has 3 aromatic heterocycles. The Balaban J connectivity index is 1.21. The van der Waals surface area contributed by atoms with Crippen molar-refractivity contribution in [1.29, 1.82) is 0 Å². The molecule has 5 heteroatoms. The number of hydrogen-bond acceptors (Lipinski definition) is 3. The van der Waals surface area contributed by atoms with E-state index in [0.29, 0.717) is 11.1 Å². The molecule has 0 saturated carbocycles. The van der Waals surface area contributed by atoms with Crippen LogP contribution in [0.25, 0.3) is 100 Å². The second kappa shape index (κ2) is 13.0. The molecule has 0 aliphatic carbocycles. The summed E-state index contributed by atoms with van der Waals surface area (Å²) in [5, 5.41) is -1.04. The first-order valence-corrected chi connectivity index (χ1v) is 17.6. The van der Waals surface area contributed by atoms with Crippen LogP contribution in [0.3, 0.4) is 0 Å². The molecule has 0 radical (unpaired) electrons. The summed E-state index contributed by atoms with van der Waals surface area (Å²) in [6.07, 6.45) is 0. The molecule has 5 nitrogen and oxygen atoms in total. The van der Waals surface area contributed by atoms with E-state index >= 15 is 0 Å². The summed E-state index contributed by atoms with van der Waals surface area (Å²) in [6, 6.07) is 22.7. The Labute approximate surface area is 345 Å². The van der Waals surface area contributed by atoms with Gasteiger partial charge in [0.15, 0.2) is 5.82 Å². The topological polar surface area (TPSA) is 48.5 Å². The second-order valence-corrected chi connectivity index (χ2v) is 12.9. The Kier molecular flexibility index (Phi) is 4.57. The van der Waals surface area contributed by atoms with Crippen molar-refractivity contribution >= 4 is 43.6 Å². The van der Waals surface area contributed by atoms with Crippen molar-refractivity contribution in [3.05, 3.63) is 200 Å². The number of benzene rings is 8. The molecule has 0 atom stereocenters. The molecule has 0 saturated heterocycles. The molecule has 0 unspecified atom stereocenters. The summed E-state index contributed by atoms with van der Waals surface area (Å²) < 4.78 is 144. The van der Waals surface area contributed by atoms with E-state index in [0.717, 1.165) is 37.0 Å². The highest BCUT2D eigenvalue weighted by Crippen LogP contribution is 2.35. The number of fused-ring (bicyclic) bond motifs is 6. The van der Waals surface area contributed by atoms with Crippen molar-refractivity contribution in [2.24, 2.45) is 0 Å². The Morgan fingerprint density at radius 2 is 0.661 bits per heavy atom. The Morgan fingerprint density at radius 1 is 0.321 bits per heavy atom. The Bertz CT molecular complexity index is 3840. The van der Waals surface area contributed by atoms with Gasteiger partial charge in [-0.3, -0.25) is 9.13 Å². The van der Waals surface area contributed by atoms with E-state index < -0.39 is 109 Å². The molecule has 3 heterocycles. The molecule has 0 aliphatic rings. The minimum absolute atomic E-state index is 0.139. The summed E-state index contributed by atoms with van der Waals surface area (Å²) in [5.74, 6) is -1.07. The highest BCUT2D eigenvalue weighted by Gasteiger charge is 2.20. The lowest BCUT2D eigenvalue weighted by Crippen LogP contribution is -2.10. The van der Waals surface area contributed by atoms with Gasteiger partial charge >= 0.3 is 0 Å². The SMILES string of the molecule is [2H]c1c([2H])c([2H])c2c(c1[2H])c1c([2H])c([2H])c([2H])c([2H])c1n2-c1nc(-c2cccc(-c3ccc(-c4cccc(-c5ccccc5)c4)cc3)c2)nc(-n2c3c([2H])c([2H])c([2H])c([2H])c3c3c([2H])c([2H])c([2H])c([2H])c32)n1. The molecule has 0 bridgehead atoms. The van der Waals surface area contributed by atoms with Crippen molar-refractivity contribution < 1.29 is 21.9 Å². The molecule has 0 N–H and O–H groups in total. The van der Waals surface area contributed by atoms with Crippen molar-refractivity contribution in [3.8, 4) is 56.7 Å². The molecule has 0 fully saturated rings. The minimum atomic E-state index is -0.696. The van der Waals surface area contributed by atoms with Gasteiger partial charge in [0, 0.05) is 27.1 Å². The van der Waals surface area contributed by atoms with Crippen LogP contribution in [0.2, 0.25) is 0 Å². The van der Waals surface area contributed by atoms with Gasteiger partial charge in [-0.2, -0.15) is 15.0 Å². The van der Waals surface area contributed by atoms with Gasteiger partial charge in [0.25, 0.3) is 0 Å². The van der Waals surface area contributed by atoms with Crippen molar-refractivity contribution in [3.63, 3.8) is 0 Å². The third-order valence-corrected chi connectivity index (χ3v) is 9.72. The van der Waals surface area contributed by atoms with E-state index in [1.54, 1.807) is 18.2 Å². The van der Waals surface area contributed by atoms with Crippen molar-refractivity contribution in [1.82, 2.24) is 24.1 Å². The summed E-state index contributed by atoms with van der Waals surface area (Å²) in [5.41, 5.74) is 4.64. The summed E-state index contributed by atoms with van der Waals surface area (Å²) in [4.78, 5) is 14.5. The van der Waals surface area contributed by atoms with Gasteiger partial charge < -0.3 is 0 Å². The van der Waals surface area contributed by atoms with Crippen LogP contribution in [0.15, 0.2) is 200 Å². The second-order valence-electron chi connectivity index (χ2n) is 12.9.